The number of nitrogens with one attached hydrogen (secondary N) is 1. The summed E-state index contributed by atoms with van der Waals surface area (Å²) in [5.74, 6) is -2.39. The smallest absolute Gasteiger partial charge is 0.209 e. The molecule has 1 aliphatic carbocycles. The van der Waals surface area contributed by atoms with Gasteiger partial charge in [0.2, 0.25) is 10.9 Å². The first-order valence-corrected chi connectivity index (χ1v) is 7.64. The van der Waals surface area contributed by atoms with E-state index in [4.69, 9.17) is 0 Å². The fourth-order valence-electron chi connectivity index (χ4n) is 2.49. The zero-order chi connectivity index (χ0) is 16.0. The lowest BCUT2D eigenvalue weighted by atomic mass is 10.1. The summed E-state index contributed by atoms with van der Waals surface area (Å²) in [5, 5.41) is 4.62. The summed E-state index contributed by atoms with van der Waals surface area (Å²) in [6, 6.07) is 9.59. The van der Waals surface area contributed by atoms with Crippen LogP contribution in [-0.4, -0.2) is 16.5 Å². The van der Waals surface area contributed by atoms with Crippen LogP contribution < -0.4 is 5.43 Å². The first kappa shape index (κ1) is 14.0. The van der Waals surface area contributed by atoms with Crippen LogP contribution in [0.15, 0.2) is 41.5 Å². The Hall–Kier alpha value is -2.67. The van der Waals surface area contributed by atoms with Crippen LogP contribution in [0.25, 0.3) is 10.2 Å². The van der Waals surface area contributed by atoms with E-state index in [0.717, 1.165) is 22.3 Å². The number of hydrogen-bond acceptors (Lipinski definition) is 5. The molecule has 0 amide bonds. The fraction of sp³-hybridized carbons (Fsp3) is 0.0625. The number of carbonyl (C=O) groups excluding carboxylic acids is 1. The number of benzene rings is 2. The second-order valence-electron chi connectivity index (χ2n) is 5.09. The number of aromatic nitrogens is 1. The predicted molar refractivity (Wildman–Crippen MR) is 85.1 cm³/mol. The third-order valence-electron chi connectivity index (χ3n) is 3.59. The van der Waals surface area contributed by atoms with Gasteiger partial charge in [-0.05, 0) is 29.8 Å². The Morgan fingerprint density at radius 1 is 1.17 bits per heavy atom. The highest BCUT2D eigenvalue weighted by Gasteiger charge is 2.28. The number of thiazole rings is 1. The lowest BCUT2D eigenvalue weighted by Gasteiger charge is -1.97. The van der Waals surface area contributed by atoms with Crippen LogP contribution in [0.1, 0.15) is 15.9 Å². The molecule has 0 fully saturated rings. The molecule has 3 aromatic rings. The summed E-state index contributed by atoms with van der Waals surface area (Å²) in [6.45, 7) is 0. The van der Waals surface area contributed by atoms with Crippen LogP contribution in [0, 0.1) is 11.6 Å². The standard InChI is InChI=1S/C16H9F2N3OS/c17-10-5-8-6-13(15(22)9(8)7-11(10)18)20-21-16-19-12-3-1-2-4-14(12)23-16/h1-5,7H,6H2,(H,19,21)/b20-13-. The first-order chi connectivity index (χ1) is 11.1. The molecule has 4 nitrogen and oxygen atoms in total. The van der Waals surface area contributed by atoms with Gasteiger partial charge in [-0.15, -0.1) is 0 Å². The van der Waals surface area contributed by atoms with E-state index in [2.05, 4.69) is 15.5 Å². The number of ketones is 1. The van der Waals surface area contributed by atoms with E-state index in [1.54, 1.807) is 0 Å². The number of nitrogens with zero attached hydrogens (tertiary/aromatic N) is 2. The van der Waals surface area contributed by atoms with Crippen molar-refractivity contribution in [1.82, 2.24) is 4.98 Å². The molecule has 0 spiro atoms. The van der Waals surface area contributed by atoms with Crippen molar-refractivity contribution in [1.29, 1.82) is 0 Å². The molecular weight excluding hydrogens is 320 g/mol. The Morgan fingerprint density at radius 2 is 1.96 bits per heavy atom. The third kappa shape index (κ3) is 2.39. The summed E-state index contributed by atoms with van der Waals surface area (Å²) in [4.78, 5) is 16.5. The van der Waals surface area contributed by atoms with Crippen LogP contribution >= 0.6 is 11.3 Å². The average molecular weight is 329 g/mol. The Morgan fingerprint density at radius 3 is 2.78 bits per heavy atom. The molecule has 0 saturated heterocycles. The number of hydrazone groups is 1. The van der Waals surface area contributed by atoms with Crippen LogP contribution in [0.4, 0.5) is 13.9 Å². The summed E-state index contributed by atoms with van der Waals surface area (Å²) in [6.07, 6.45) is 0.170. The first-order valence-electron chi connectivity index (χ1n) is 6.82. The highest BCUT2D eigenvalue weighted by atomic mass is 32.1. The molecule has 1 aromatic heterocycles. The molecule has 23 heavy (non-hydrogen) atoms. The molecule has 0 saturated carbocycles. The minimum Gasteiger partial charge on any atom is -0.287 e. The van der Waals surface area contributed by atoms with Gasteiger partial charge in [0.05, 0.1) is 10.2 Å². The van der Waals surface area contributed by atoms with Gasteiger partial charge in [-0.1, -0.05) is 23.5 Å². The number of rotatable bonds is 2. The lowest BCUT2D eigenvalue weighted by Crippen LogP contribution is -2.10. The molecule has 7 heteroatoms. The fourth-order valence-corrected chi connectivity index (χ4v) is 3.30. The van der Waals surface area contributed by atoms with Crippen LogP contribution in [0.5, 0.6) is 0 Å². The lowest BCUT2D eigenvalue weighted by molar-refractivity contribution is 0.106. The number of para-hydroxylation sites is 1. The van der Waals surface area contributed by atoms with Crippen molar-refractivity contribution in [2.75, 3.05) is 5.43 Å². The maximum absolute atomic E-state index is 13.3. The van der Waals surface area contributed by atoms with Crippen molar-refractivity contribution in [2.24, 2.45) is 5.10 Å². The van der Waals surface area contributed by atoms with Crippen LogP contribution in [0.2, 0.25) is 0 Å². The van der Waals surface area contributed by atoms with E-state index in [9.17, 15) is 13.6 Å². The zero-order valence-corrected chi connectivity index (χ0v) is 12.5. The van der Waals surface area contributed by atoms with Gasteiger partial charge >= 0.3 is 0 Å². The van der Waals surface area contributed by atoms with Gasteiger partial charge in [0, 0.05) is 12.0 Å². The molecule has 0 radical (unpaired) electrons. The van der Waals surface area contributed by atoms with Crippen LogP contribution in [-0.2, 0) is 6.42 Å². The summed E-state index contributed by atoms with van der Waals surface area (Å²) >= 11 is 1.41. The Kier molecular flexibility index (Phi) is 3.16. The number of fused-ring (bicyclic) bond motifs is 2. The average Bonchev–Trinajstić information content (AvgIpc) is 3.08. The van der Waals surface area contributed by atoms with Crippen molar-refractivity contribution in [2.45, 2.75) is 6.42 Å². The molecule has 1 aliphatic rings. The van der Waals surface area contributed by atoms with Crippen molar-refractivity contribution < 1.29 is 13.6 Å². The highest BCUT2D eigenvalue weighted by molar-refractivity contribution is 7.22. The Labute approximate surface area is 133 Å². The molecule has 1 heterocycles. The van der Waals surface area contributed by atoms with E-state index in [-0.39, 0.29) is 17.7 Å². The maximum atomic E-state index is 13.3. The molecule has 114 valence electrons. The largest absolute Gasteiger partial charge is 0.287 e. The molecule has 4 rings (SSSR count). The monoisotopic (exact) mass is 329 g/mol. The SMILES string of the molecule is O=C1/C(=N\Nc2nc3ccccc3s2)Cc2cc(F)c(F)cc21. The van der Waals surface area contributed by atoms with Gasteiger partial charge in [-0.3, -0.25) is 10.2 Å². The van der Waals surface area contributed by atoms with Gasteiger partial charge in [-0.2, -0.15) is 5.10 Å². The van der Waals surface area contributed by atoms with Gasteiger partial charge in [0.1, 0.15) is 5.71 Å². The number of halogens is 2. The normalized spacial score (nSPS) is 15.4. The predicted octanol–water partition coefficient (Wildman–Crippen LogP) is 3.78. The van der Waals surface area contributed by atoms with Crippen molar-refractivity contribution in [3.8, 4) is 0 Å². The van der Waals surface area contributed by atoms with Crippen molar-refractivity contribution >= 4 is 38.2 Å². The third-order valence-corrected chi connectivity index (χ3v) is 4.53. The summed E-state index contributed by atoms with van der Waals surface area (Å²) < 4.78 is 27.5. The van der Waals surface area contributed by atoms with Gasteiger partial charge in [-0.25, -0.2) is 13.8 Å². The van der Waals surface area contributed by atoms with Crippen LogP contribution in [0.3, 0.4) is 0 Å². The number of Topliss-reactive ketones (excluding diaryl/α,β-unsaturated/α-hetero) is 1. The molecule has 1 N–H and O–H groups in total. The highest BCUT2D eigenvalue weighted by Crippen LogP contribution is 2.27. The van der Waals surface area contributed by atoms with E-state index >= 15 is 0 Å². The van der Waals surface area contributed by atoms with Gasteiger partial charge < -0.3 is 0 Å². The molecule has 0 bridgehead atoms. The Bertz CT molecular complexity index is 948. The molecule has 0 unspecified atom stereocenters. The van der Waals surface area contributed by atoms with Crippen molar-refractivity contribution in [3.63, 3.8) is 0 Å². The number of hydrogen-bond donors (Lipinski definition) is 1. The second kappa shape index (κ2) is 5.20. The second-order valence-corrected chi connectivity index (χ2v) is 6.12. The van der Waals surface area contributed by atoms with E-state index in [0.29, 0.717) is 10.7 Å². The Balaban J connectivity index is 1.61. The van der Waals surface area contributed by atoms with Gasteiger partial charge in [0.15, 0.2) is 11.6 Å². The number of anilines is 1. The molecule has 2 aromatic carbocycles. The minimum atomic E-state index is -1.03. The minimum absolute atomic E-state index is 0.161. The molecule has 0 atom stereocenters. The number of carbonyl (C=O) groups is 1. The topological polar surface area (TPSA) is 54.4 Å². The van der Waals surface area contributed by atoms with Gasteiger partial charge in [0.25, 0.3) is 0 Å². The van der Waals surface area contributed by atoms with Crippen molar-refractivity contribution in [3.05, 3.63) is 59.2 Å². The van der Waals surface area contributed by atoms with E-state index < -0.39 is 17.4 Å². The summed E-state index contributed by atoms with van der Waals surface area (Å²) in [5.41, 5.74) is 4.41. The van der Waals surface area contributed by atoms with E-state index in [1.165, 1.54) is 11.3 Å². The quantitative estimate of drug-likeness (QED) is 0.728. The molecular formula is C16H9F2N3OS. The zero-order valence-electron chi connectivity index (χ0n) is 11.6. The summed E-state index contributed by atoms with van der Waals surface area (Å²) in [7, 11) is 0. The molecule has 0 aliphatic heterocycles. The van der Waals surface area contributed by atoms with E-state index in [1.807, 2.05) is 24.3 Å². The maximum Gasteiger partial charge on any atom is 0.209 e.